The van der Waals surface area contributed by atoms with Crippen LogP contribution < -0.4 is 5.73 Å². The molecule has 3 aromatic rings. The lowest BCUT2D eigenvalue weighted by Gasteiger charge is -2.14. The summed E-state index contributed by atoms with van der Waals surface area (Å²) < 4.78 is 2.08. The van der Waals surface area contributed by atoms with Crippen LogP contribution in [-0.4, -0.2) is 9.55 Å². The van der Waals surface area contributed by atoms with Gasteiger partial charge in [-0.25, -0.2) is 4.98 Å². The average molecular weight is 298 g/mol. The minimum atomic E-state index is -0.263. The van der Waals surface area contributed by atoms with Crippen molar-refractivity contribution in [3.8, 4) is 0 Å². The van der Waals surface area contributed by atoms with Gasteiger partial charge in [0, 0.05) is 24.0 Å². The van der Waals surface area contributed by atoms with Crippen LogP contribution in [0.2, 0.25) is 5.02 Å². The van der Waals surface area contributed by atoms with Crippen LogP contribution in [0.1, 0.15) is 23.0 Å². The lowest BCUT2D eigenvalue weighted by molar-refractivity contribution is 0.674. The number of aromatic nitrogens is 2. The molecule has 1 unspecified atom stereocenters. The maximum Gasteiger partial charge on any atom is 0.130 e. The van der Waals surface area contributed by atoms with Gasteiger partial charge in [-0.05, 0) is 23.3 Å². The summed E-state index contributed by atoms with van der Waals surface area (Å²) in [6.45, 7) is 0.761. The highest BCUT2D eigenvalue weighted by molar-refractivity contribution is 6.30. The van der Waals surface area contributed by atoms with E-state index in [1.807, 2.05) is 48.7 Å². The van der Waals surface area contributed by atoms with E-state index < -0.39 is 0 Å². The smallest absolute Gasteiger partial charge is 0.130 e. The average Bonchev–Trinajstić information content (AvgIpc) is 2.96. The summed E-state index contributed by atoms with van der Waals surface area (Å²) in [6.07, 6.45) is 3.74. The normalized spacial score (nSPS) is 12.3. The van der Waals surface area contributed by atoms with E-state index in [1.54, 1.807) is 6.20 Å². The third-order valence-corrected chi connectivity index (χ3v) is 3.70. The van der Waals surface area contributed by atoms with Gasteiger partial charge in [0.15, 0.2) is 0 Å². The summed E-state index contributed by atoms with van der Waals surface area (Å²) in [7, 11) is 0. The predicted molar refractivity (Wildman–Crippen MR) is 85.3 cm³/mol. The fraction of sp³-hybridized carbons (Fsp3) is 0.118. The molecule has 2 aromatic carbocycles. The van der Waals surface area contributed by atoms with Gasteiger partial charge in [-0.1, -0.05) is 54.1 Å². The summed E-state index contributed by atoms with van der Waals surface area (Å²) in [6, 6.07) is 17.6. The zero-order valence-electron chi connectivity index (χ0n) is 11.5. The number of nitrogens with two attached hydrogens (primary N) is 1. The van der Waals surface area contributed by atoms with Crippen LogP contribution in [0, 0.1) is 0 Å². The maximum absolute atomic E-state index is 6.34. The maximum atomic E-state index is 6.34. The van der Waals surface area contributed by atoms with E-state index >= 15 is 0 Å². The monoisotopic (exact) mass is 297 g/mol. The van der Waals surface area contributed by atoms with Crippen LogP contribution in [0.5, 0.6) is 0 Å². The van der Waals surface area contributed by atoms with E-state index in [4.69, 9.17) is 17.3 Å². The van der Waals surface area contributed by atoms with Gasteiger partial charge in [0.25, 0.3) is 0 Å². The van der Waals surface area contributed by atoms with E-state index in [-0.39, 0.29) is 6.04 Å². The lowest BCUT2D eigenvalue weighted by Crippen LogP contribution is -2.18. The molecule has 2 N–H and O–H groups in total. The first-order valence-electron chi connectivity index (χ1n) is 6.80. The quantitative estimate of drug-likeness (QED) is 0.799. The molecule has 0 amide bonds. The van der Waals surface area contributed by atoms with Gasteiger partial charge >= 0.3 is 0 Å². The predicted octanol–water partition coefficient (Wildman–Crippen LogP) is 3.63. The Balaban J connectivity index is 1.86. The van der Waals surface area contributed by atoms with Crippen LogP contribution >= 0.6 is 11.6 Å². The van der Waals surface area contributed by atoms with Crippen molar-refractivity contribution >= 4 is 11.6 Å². The fourth-order valence-corrected chi connectivity index (χ4v) is 2.46. The highest BCUT2D eigenvalue weighted by Gasteiger charge is 2.14. The zero-order chi connectivity index (χ0) is 14.7. The fourth-order valence-electron chi connectivity index (χ4n) is 2.33. The molecule has 0 radical (unpaired) electrons. The molecule has 0 saturated heterocycles. The number of imidazole rings is 1. The second-order valence-corrected chi connectivity index (χ2v) is 5.36. The number of rotatable bonds is 4. The first-order valence-corrected chi connectivity index (χ1v) is 7.18. The van der Waals surface area contributed by atoms with Gasteiger partial charge in [0.2, 0.25) is 0 Å². The molecule has 1 atom stereocenters. The summed E-state index contributed by atoms with van der Waals surface area (Å²) in [4.78, 5) is 4.42. The molecular formula is C17H16ClN3. The molecule has 0 bridgehead atoms. The van der Waals surface area contributed by atoms with Crippen molar-refractivity contribution in [3.63, 3.8) is 0 Å². The number of hydrogen-bond acceptors (Lipinski definition) is 2. The Morgan fingerprint density at radius 2 is 1.76 bits per heavy atom. The van der Waals surface area contributed by atoms with Crippen molar-refractivity contribution in [2.75, 3.05) is 0 Å². The first kappa shape index (κ1) is 13.9. The Morgan fingerprint density at radius 3 is 2.48 bits per heavy atom. The molecule has 0 aliphatic carbocycles. The van der Waals surface area contributed by atoms with Gasteiger partial charge in [-0.3, -0.25) is 0 Å². The second-order valence-electron chi connectivity index (χ2n) is 4.93. The van der Waals surface area contributed by atoms with Crippen LogP contribution in [0.4, 0.5) is 0 Å². The minimum absolute atomic E-state index is 0.263. The molecular weight excluding hydrogens is 282 g/mol. The van der Waals surface area contributed by atoms with E-state index in [0.717, 1.165) is 17.9 Å². The molecule has 0 aliphatic heterocycles. The topological polar surface area (TPSA) is 43.8 Å². The molecule has 0 spiro atoms. The van der Waals surface area contributed by atoms with Gasteiger partial charge in [-0.15, -0.1) is 0 Å². The standard InChI is InChI=1S/C17H16ClN3/c18-15-8-6-14(7-9-15)16(19)17-20-10-11-21(17)12-13-4-2-1-3-5-13/h1-11,16H,12,19H2. The molecule has 0 fully saturated rings. The zero-order valence-corrected chi connectivity index (χ0v) is 12.2. The Hall–Kier alpha value is -2.10. The number of hydrogen-bond donors (Lipinski definition) is 1. The summed E-state index contributed by atoms with van der Waals surface area (Å²) >= 11 is 5.92. The number of halogens is 1. The van der Waals surface area contributed by atoms with Gasteiger partial charge in [-0.2, -0.15) is 0 Å². The van der Waals surface area contributed by atoms with E-state index in [9.17, 15) is 0 Å². The Labute approximate surface area is 129 Å². The molecule has 1 heterocycles. The molecule has 21 heavy (non-hydrogen) atoms. The Kier molecular flexibility index (Phi) is 4.04. The molecule has 0 saturated carbocycles. The largest absolute Gasteiger partial charge is 0.329 e. The van der Waals surface area contributed by atoms with Crippen molar-refractivity contribution in [2.24, 2.45) is 5.73 Å². The number of benzene rings is 2. The summed E-state index contributed by atoms with van der Waals surface area (Å²) in [5, 5.41) is 0.707. The molecule has 0 aliphatic rings. The van der Waals surface area contributed by atoms with Crippen molar-refractivity contribution in [3.05, 3.63) is 89.0 Å². The molecule has 3 nitrogen and oxygen atoms in total. The summed E-state index contributed by atoms with van der Waals surface area (Å²) in [5.74, 6) is 0.848. The number of nitrogens with zero attached hydrogens (tertiary/aromatic N) is 2. The Morgan fingerprint density at radius 1 is 1.05 bits per heavy atom. The van der Waals surface area contributed by atoms with Gasteiger partial charge in [0.05, 0.1) is 6.04 Å². The van der Waals surface area contributed by atoms with E-state index in [2.05, 4.69) is 21.7 Å². The molecule has 4 heteroatoms. The minimum Gasteiger partial charge on any atom is -0.329 e. The molecule has 106 valence electrons. The van der Waals surface area contributed by atoms with Gasteiger partial charge < -0.3 is 10.3 Å². The Bertz CT molecular complexity index is 704. The second kappa shape index (κ2) is 6.12. The van der Waals surface area contributed by atoms with Crippen molar-refractivity contribution in [1.82, 2.24) is 9.55 Å². The first-order chi connectivity index (χ1) is 10.2. The summed E-state index contributed by atoms with van der Waals surface area (Å²) in [5.41, 5.74) is 8.56. The molecule has 1 aromatic heterocycles. The van der Waals surface area contributed by atoms with Crippen molar-refractivity contribution in [2.45, 2.75) is 12.6 Å². The SMILES string of the molecule is NC(c1ccc(Cl)cc1)c1nccn1Cc1ccccc1. The van der Waals surface area contributed by atoms with Crippen molar-refractivity contribution in [1.29, 1.82) is 0 Å². The van der Waals surface area contributed by atoms with Crippen LogP contribution in [0.25, 0.3) is 0 Å². The van der Waals surface area contributed by atoms with Gasteiger partial charge in [0.1, 0.15) is 5.82 Å². The van der Waals surface area contributed by atoms with Crippen LogP contribution in [0.3, 0.4) is 0 Å². The van der Waals surface area contributed by atoms with E-state index in [1.165, 1.54) is 5.56 Å². The van der Waals surface area contributed by atoms with E-state index in [0.29, 0.717) is 5.02 Å². The molecule has 3 rings (SSSR count). The highest BCUT2D eigenvalue weighted by Crippen LogP contribution is 2.21. The third kappa shape index (κ3) is 3.15. The van der Waals surface area contributed by atoms with Crippen LogP contribution in [0.15, 0.2) is 67.0 Å². The third-order valence-electron chi connectivity index (χ3n) is 3.45. The highest BCUT2D eigenvalue weighted by atomic mass is 35.5. The van der Waals surface area contributed by atoms with Crippen LogP contribution in [-0.2, 0) is 6.54 Å². The van der Waals surface area contributed by atoms with Crippen molar-refractivity contribution < 1.29 is 0 Å². The lowest BCUT2D eigenvalue weighted by atomic mass is 10.1.